The Balaban J connectivity index is 2.06. The molecular formula is C16H23F2NO2. The summed E-state index contributed by atoms with van der Waals surface area (Å²) in [6.07, 6.45) is 2.20. The van der Waals surface area contributed by atoms with Crippen LogP contribution < -0.4 is 5.32 Å². The first-order valence-electron chi connectivity index (χ1n) is 7.47. The molecule has 1 fully saturated rings. The van der Waals surface area contributed by atoms with Crippen molar-refractivity contribution in [3.8, 4) is 0 Å². The second kappa shape index (κ2) is 7.29. The van der Waals surface area contributed by atoms with Crippen molar-refractivity contribution in [3.05, 3.63) is 35.4 Å². The number of hydrogen-bond acceptors (Lipinski definition) is 3. The normalized spacial score (nSPS) is 19.4. The van der Waals surface area contributed by atoms with Crippen LogP contribution in [0.25, 0.3) is 0 Å². The summed E-state index contributed by atoms with van der Waals surface area (Å²) in [4.78, 5) is 0. The fourth-order valence-electron chi connectivity index (χ4n) is 2.79. The molecule has 21 heavy (non-hydrogen) atoms. The zero-order valence-electron chi connectivity index (χ0n) is 12.4. The van der Waals surface area contributed by atoms with Gasteiger partial charge in [-0.2, -0.15) is 0 Å². The summed E-state index contributed by atoms with van der Waals surface area (Å²) < 4.78 is 32.5. The standard InChI is InChI=1S/C16H23F2NO2/c1-2-15(13-9-12(17)3-4-14(13)18)19-10-16(11-20)5-7-21-8-6-16/h3-4,9,15,19-20H,2,5-8,10-11H2,1H3. The van der Waals surface area contributed by atoms with E-state index in [1.807, 2.05) is 6.92 Å². The quantitative estimate of drug-likeness (QED) is 0.849. The van der Waals surface area contributed by atoms with Crippen molar-refractivity contribution in [1.82, 2.24) is 5.32 Å². The van der Waals surface area contributed by atoms with Gasteiger partial charge in [0.05, 0.1) is 6.61 Å². The van der Waals surface area contributed by atoms with Gasteiger partial charge < -0.3 is 15.2 Å². The summed E-state index contributed by atoms with van der Waals surface area (Å²) in [6, 6.07) is 3.27. The number of rotatable bonds is 6. The topological polar surface area (TPSA) is 41.5 Å². The largest absolute Gasteiger partial charge is 0.396 e. The van der Waals surface area contributed by atoms with E-state index in [4.69, 9.17) is 4.74 Å². The van der Waals surface area contributed by atoms with Crippen molar-refractivity contribution in [3.63, 3.8) is 0 Å². The smallest absolute Gasteiger partial charge is 0.128 e. The SMILES string of the molecule is CCC(NCC1(CO)CCOCC1)c1cc(F)ccc1F. The van der Waals surface area contributed by atoms with Crippen molar-refractivity contribution >= 4 is 0 Å². The molecule has 0 radical (unpaired) electrons. The summed E-state index contributed by atoms with van der Waals surface area (Å²) in [6.45, 7) is 3.84. The molecule has 0 aliphatic carbocycles. The van der Waals surface area contributed by atoms with Crippen LogP contribution in [0.15, 0.2) is 18.2 Å². The molecule has 1 atom stereocenters. The van der Waals surface area contributed by atoms with E-state index in [1.54, 1.807) is 0 Å². The Morgan fingerprint density at radius 3 is 2.67 bits per heavy atom. The van der Waals surface area contributed by atoms with E-state index < -0.39 is 11.6 Å². The van der Waals surface area contributed by atoms with E-state index in [-0.39, 0.29) is 18.1 Å². The first kappa shape index (κ1) is 16.3. The van der Waals surface area contributed by atoms with Crippen LogP contribution in [0.2, 0.25) is 0 Å². The highest BCUT2D eigenvalue weighted by Gasteiger charge is 2.32. The minimum absolute atomic E-state index is 0.0748. The number of benzene rings is 1. The van der Waals surface area contributed by atoms with Gasteiger partial charge in [0, 0.05) is 36.8 Å². The maximum atomic E-state index is 13.9. The lowest BCUT2D eigenvalue weighted by Crippen LogP contribution is -2.43. The summed E-state index contributed by atoms with van der Waals surface area (Å²) in [5.74, 6) is -0.838. The Kier molecular flexibility index (Phi) is 5.67. The van der Waals surface area contributed by atoms with E-state index in [9.17, 15) is 13.9 Å². The van der Waals surface area contributed by atoms with Crippen LogP contribution in [0.1, 0.15) is 37.8 Å². The minimum Gasteiger partial charge on any atom is -0.396 e. The van der Waals surface area contributed by atoms with Gasteiger partial charge in [0.15, 0.2) is 0 Å². The highest BCUT2D eigenvalue weighted by molar-refractivity contribution is 5.22. The predicted molar refractivity (Wildman–Crippen MR) is 77.0 cm³/mol. The Morgan fingerprint density at radius 2 is 2.05 bits per heavy atom. The molecule has 0 aromatic heterocycles. The van der Waals surface area contributed by atoms with Crippen molar-refractivity contribution in [2.45, 2.75) is 32.2 Å². The number of hydrogen-bond donors (Lipinski definition) is 2. The van der Waals surface area contributed by atoms with E-state index in [1.165, 1.54) is 6.07 Å². The van der Waals surface area contributed by atoms with Crippen LogP contribution in [0.4, 0.5) is 8.78 Å². The Bertz CT molecular complexity index is 462. The van der Waals surface area contributed by atoms with Gasteiger partial charge in [-0.1, -0.05) is 6.92 Å². The van der Waals surface area contributed by atoms with Crippen LogP contribution in [0.3, 0.4) is 0 Å². The molecular weight excluding hydrogens is 276 g/mol. The molecule has 1 saturated heterocycles. The number of nitrogens with one attached hydrogen (secondary N) is 1. The fraction of sp³-hybridized carbons (Fsp3) is 0.625. The monoisotopic (exact) mass is 299 g/mol. The van der Waals surface area contributed by atoms with Gasteiger partial charge in [-0.25, -0.2) is 8.78 Å². The zero-order chi connectivity index (χ0) is 15.3. The fourth-order valence-corrected chi connectivity index (χ4v) is 2.79. The third-order valence-corrected chi connectivity index (χ3v) is 4.35. The van der Waals surface area contributed by atoms with E-state index >= 15 is 0 Å². The van der Waals surface area contributed by atoms with Crippen LogP contribution in [0, 0.1) is 17.0 Å². The molecule has 1 aliphatic heterocycles. The van der Waals surface area contributed by atoms with E-state index in [0.29, 0.717) is 31.7 Å². The van der Waals surface area contributed by atoms with E-state index in [0.717, 1.165) is 25.0 Å². The lowest BCUT2D eigenvalue weighted by molar-refractivity contribution is -0.0166. The van der Waals surface area contributed by atoms with Crippen molar-refractivity contribution in [2.24, 2.45) is 5.41 Å². The Morgan fingerprint density at radius 1 is 1.33 bits per heavy atom. The molecule has 1 aromatic carbocycles. The Labute approximate surface area is 124 Å². The van der Waals surface area contributed by atoms with Crippen molar-refractivity contribution in [2.75, 3.05) is 26.4 Å². The molecule has 1 heterocycles. The highest BCUT2D eigenvalue weighted by atomic mass is 19.1. The zero-order valence-corrected chi connectivity index (χ0v) is 12.4. The second-order valence-corrected chi connectivity index (χ2v) is 5.78. The molecule has 2 N–H and O–H groups in total. The third kappa shape index (κ3) is 3.99. The number of aliphatic hydroxyl groups is 1. The molecule has 1 aliphatic rings. The van der Waals surface area contributed by atoms with Crippen molar-refractivity contribution in [1.29, 1.82) is 0 Å². The molecule has 0 bridgehead atoms. The third-order valence-electron chi connectivity index (χ3n) is 4.35. The summed E-state index contributed by atoms with van der Waals surface area (Å²) >= 11 is 0. The summed E-state index contributed by atoms with van der Waals surface area (Å²) in [5, 5.41) is 13.0. The average Bonchev–Trinajstić information content (AvgIpc) is 2.52. The lowest BCUT2D eigenvalue weighted by Gasteiger charge is -2.37. The number of aliphatic hydroxyl groups excluding tert-OH is 1. The molecule has 0 amide bonds. The molecule has 0 saturated carbocycles. The van der Waals surface area contributed by atoms with Gasteiger partial charge in [0.1, 0.15) is 11.6 Å². The lowest BCUT2D eigenvalue weighted by atomic mass is 9.80. The maximum Gasteiger partial charge on any atom is 0.128 e. The number of ether oxygens (including phenoxy) is 1. The van der Waals surface area contributed by atoms with Gasteiger partial charge in [-0.3, -0.25) is 0 Å². The maximum absolute atomic E-state index is 13.9. The highest BCUT2D eigenvalue weighted by Crippen LogP contribution is 2.30. The second-order valence-electron chi connectivity index (χ2n) is 5.78. The molecule has 1 unspecified atom stereocenters. The first-order valence-corrected chi connectivity index (χ1v) is 7.47. The molecule has 1 aromatic rings. The number of halogens is 2. The minimum atomic E-state index is -0.436. The van der Waals surface area contributed by atoms with Gasteiger partial charge in [0.2, 0.25) is 0 Å². The van der Waals surface area contributed by atoms with Crippen LogP contribution >= 0.6 is 0 Å². The molecule has 0 spiro atoms. The summed E-state index contributed by atoms with van der Waals surface area (Å²) in [5.41, 5.74) is 0.118. The Hall–Kier alpha value is -1.04. The van der Waals surface area contributed by atoms with Gasteiger partial charge in [0.25, 0.3) is 0 Å². The first-order chi connectivity index (χ1) is 10.1. The van der Waals surface area contributed by atoms with Gasteiger partial charge in [-0.15, -0.1) is 0 Å². The van der Waals surface area contributed by atoms with Gasteiger partial charge >= 0.3 is 0 Å². The van der Waals surface area contributed by atoms with Crippen molar-refractivity contribution < 1.29 is 18.6 Å². The van der Waals surface area contributed by atoms with Crippen LogP contribution in [0.5, 0.6) is 0 Å². The average molecular weight is 299 g/mol. The van der Waals surface area contributed by atoms with Crippen LogP contribution in [-0.4, -0.2) is 31.5 Å². The summed E-state index contributed by atoms with van der Waals surface area (Å²) in [7, 11) is 0. The van der Waals surface area contributed by atoms with Crippen LogP contribution in [-0.2, 0) is 4.74 Å². The van der Waals surface area contributed by atoms with E-state index in [2.05, 4.69) is 5.32 Å². The molecule has 5 heteroatoms. The molecule has 118 valence electrons. The molecule has 3 nitrogen and oxygen atoms in total. The predicted octanol–water partition coefficient (Wildman–Crippen LogP) is 2.79. The van der Waals surface area contributed by atoms with Gasteiger partial charge in [-0.05, 0) is 37.5 Å². The molecule has 2 rings (SSSR count).